The highest BCUT2D eigenvalue weighted by atomic mass is 16.3. The molecule has 0 bridgehead atoms. The van der Waals surface area contributed by atoms with Crippen molar-refractivity contribution in [3.05, 3.63) is 12.2 Å². The first-order valence-corrected chi connectivity index (χ1v) is 3.89. The lowest BCUT2D eigenvalue weighted by atomic mass is 9.98. The predicted molar refractivity (Wildman–Crippen MR) is 46.4 cm³/mol. The second kappa shape index (κ2) is 3.88. The second-order valence-electron chi connectivity index (χ2n) is 3.71. The Morgan fingerprint density at radius 2 is 2.00 bits per heavy atom. The Morgan fingerprint density at radius 3 is 2.27 bits per heavy atom. The van der Waals surface area contributed by atoms with Gasteiger partial charge in [0.25, 0.3) is 0 Å². The summed E-state index contributed by atoms with van der Waals surface area (Å²) in [6.07, 6.45) is 0.710. The van der Waals surface area contributed by atoms with Gasteiger partial charge in [-0.1, -0.05) is 12.2 Å². The zero-order chi connectivity index (χ0) is 9.07. The fraction of sp³-hybridized carbons (Fsp3) is 0.778. The molecule has 0 aliphatic heterocycles. The normalized spacial score (nSPS) is 14.6. The van der Waals surface area contributed by atoms with Crippen molar-refractivity contribution in [2.75, 3.05) is 0 Å². The van der Waals surface area contributed by atoms with E-state index >= 15 is 0 Å². The van der Waals surface area contributed by atoms with Gasteiger partial charge < -0.3 is 10.2 Å². The van der Waals surface area contributed by atoms with E-state index in [1.165, 1.54) is 0 Å². The first-order valence-electron chi connectivity index (χ1n) is 3.89. The lowest BCUT2D eigenvalue weighted by molar-refractivity contribution is 0.0544. The summed E-state index contributed by atoms with van der Waals surface area (Å²) in [5.41, 5.74) is 0.0745. The summed E-state index contributed by atoms with van der Waals surface area (Å²) in [7, 11) is 0. The van der Waals surface area contributed by atoms with Crippen LogP contribution in [-0.4, -0.2) is 21.9 Å². The van der Waals surface area contributed by atoms with Crippen molar-refractivity contribution in [1.82, 2.24) is 0 Å². The highest BCUT2D eigenvalue weighted by molar-refractivity contribution is 4.96. The standard InChI is InChI=1S/C9H18O2/c1-7(2)8(10)5-6-9(3,4)11/h8,10-11H,1,5-6H2,2-4H3/t8-/m1/s1. The van der Waals surface area contributed by atoms with Crippen molar-refractivity contribution >= 4 is 0 Å². The molecule has 2 N–H and O–H groups in total. The Morgan fingerprint density at radius 1 is 1.55 bits per heavy atom. The zero-order valence-corrected chi connectivity index (χ0v) is 7.59. The van der Waals surface area contributed by atoms with Gasteiger partial charge in [0.1, 0.15) is 0 Å². The molecule has 0 aliphatic rings. The van der Waals surface area contributed by atoms with Crippen molar-refractivity contribution in [3.63, 3.8) is 0 Å². The molecule has 0 unspecified atom stereocenters. The molecule has 0 aromatic rings. The molecule has 0 amide bonds. The van der Waals surface area contributed by atoms with Gasteiger partial charge in [-0.15, -0.1) is 0 Å². The van der Waals surface area contributed by atoms with Crippen molar-refractivity contribution in [3.8, 4) is 0 Å². The van der Waals surface area contributed by atoms with Crippen LogP contribution in [0.25, 0.3) is 0 Å². The van der Waals surface area contributed by atoms with Gasteiger partial charge in [-0.3, -0.25) is 0 Å². The summed E-state index contributed by atoms with van der Waals surface area (Å²) in [4.78, 5) is 0. The van der Waals surface area contributed by atoms with E-state index in [9.17, 15) is 10.2 Å². The summed E-state index contributed by atoms with van der Waals surface area (Å²) in [6, 6.07) is 0. The Balaban J connectivity index is 3.63. The largest absolute Gasteiger partial charge is 0.390 e. The molecule has 0 aromatic heterocycles. The van der Waals surface area contributed by atoms with Gasteiger partial charge in [0.15, 0.2) is 0 Å². The number of hydrogen-bond donors (Lipinski definition) is 2. The van der Waals surface area contributed by atoms with Crippen molar-refractivity contribution in [2.24, 2.45) is 0 Å². The van der Waals surface area contributed by atoms with E-state index < -0.39 is 11.7 Å². The highest BCUT2D eigenvalue weighted by Gasteiger charge is 2.15. The quantitative estimate of drug-likeness (QED) is 0.608. The van der Waals surface area contributed by atoms with Gasteiger partial charge in [0.05, 0.1) is 11.7 Å². The van der Waals surface area contributed by atoms with Gasteiger partial charge in [-0.25, -0.2) is 0 Å². The second-order valence-corrected chi connectivity index (χ2v) is 3.71. The first-order chi connectivity index (χ1) is 4.83. The lowest BCUT2D eigenvalue weighted by Crippen LogP contribution is -2.21. The Labute approximate surface area is 68.6 Å². The third-order valence-corrected chi connectivity index (χ3v) is 1.60. The van der Waals surface area contributed by atoms with E-state index in [1.807, 2.05) is 0 Å². The fourth-order valence-corrected chi connectivity index (χ4v) is 0.736. The minimum Gasteiger partial charge on any atom is -0.390 e. The molecule has 0 saturated carbocycles. The van der Waals surface area contributed by atoms with Crippen LogP contribution in [0.15, 0.2) is 12.2 Å². The Hall–Kier alpha value is -0.340. The lowest BCUT2D eigenvalue weighted by Gasteiger charge is -2.19. The molecule has 2 nitrogen and oxygen atoms in total. The fourth-order valence-electron chi connectivity index (χ4n) is 0.736. The molecular weight excluding hydrogens is 140 g/mol. The number of hydrogen-bond acceptors (Lipinski definition) is 2. The van der Waals surface area contributed by atoms with Crippen LogP contribution in [0.2, 0.25) is 0 Å². The third-order valence-electron chi connectivity index (χ3n) is 1.60. The molecule has 2 heteroatoms. The average Bonchev–Trinajstić information content (AvgIpc) is 1.80. The van der Waals surface area contributed by atoms with E-state index in [2.05, 4.69) is 6.58 Å². The number of aliphatic hydroxyl groups is 2. The van der Waals surface area contributed by atoms with E-state index in [0.717, 1.165) is 5.57 Å². The first kappa shape index (κ1) is 10.7. The van der Waals surface area contributed by atoms with E-state index in [1.54, 1.807) is 20.8 Å². The zero-order valence-electron chi connectivity index (χ0n) is 7.59. The van der Waals surface area contributed by atoms with Gasteiger partial charge in [-0.05, 0) is 33.6 Å². The molecule has 1 atom stereocenters. The summed E-state index contributed by atoms with van der Waals surface area (Å²) < 4.78 is 0. The van der Waals surface area contributed by atoms with Crippen LogP contribution in [0.3, 0.4) is 0 Å². The van der Waals surface area contributed by atoms with Crippen molar-refractivity contribution < 1.29 is 10.2 Å². The van der Waals surface area contributed by atoms with Crippen LogP contribution in [0.1, 0.15) is 33.6 Å². The molecule has 0 aromatic carbocycles. The highest BCUT2D eigenvalue weighted by Crippen LogP contribution is 2.14. The van der Waals surface area contributed by atoms with Gasteiger partial charge in [0, 0.05) is 0 Å². The predicted octanol–water partition coefficient (Wildman–Crippen LogP) is 1.47. The van der Waals surface area contributed by atoms with E-state index in [4.69, 9.17) is 0 Å². The SMILES string of the molecule is C=C(C)[C@H](O)CCC(C)(C)O. The Kier molecular flexibility index (Phi) is 3.76. The maximum atomic E-state index is 9.31. The monoisotopic (exact) mass is 158 g/mol. The maximum absolute atomic E-state index is 9.31. The van der Waals surface area contributed by atoms with Crippen LogP contribution >= 0.6 is 0 Å². The average molecular weight is 158 g/mol. The molecule has 66 valence electrons. The minimum absolute atomic E-state index is 0.471. The number of rotatable bonds is 4. The topological polar surface area (TPSA) is 40.5 Å². The van der Waals surface area contributed by atoms with Crippen LogP contribution in [0.4, 0.5) is 0 Å². The van der Waals surface area contributed by atoms with Crippen molar-refractivity contribution in [1.29, 1.82) is 0 Å². The molecular formula is C9H18O2. The molecule has 0 heterocycles. The van der Waals surface area contributed by atoms with E-state index in [-0.39, 0.29) is 0 Å². The molecule has 0 saturated heterocycles. The van der Waals surface area contributed by atoms with E-state index in [0.29, 0.717) is 12.8 Å². The molecule has 0 spiro atoms. The summed E-state index contributed by atoms with van der Waals surface area (Å²) in [5, 5.41) is 18.6. The van der Waals surface area contributed by atoms with Crippen LogP contribution < -0.4 is 0 Å². The molecule has 0 radical (unpaired) electrons. The van der Waals surface area contributed by atoms with Crippen LogP contribution in [-0.2, 0) is 0 Å². The summed E-state index contributed by atoms with van der Waals surface area (Å²) >= 11 is 0. The van der Waals surface area contributed by atoms with Crippen LogP contribution in [0, 0.1) is 0 Å². The molecule has 0 aliphatic carbocycles. The van der Waals surface area contributed by atoms with Gasteiger partial charge >= 0.3 is 0 Å². The molecule has 11 heavy (non-hydrogen) atoms. The van der Waals surface area contributed by atoms with Gasteiger partial charge in [-0.2, -0.15) is 0 Å². The molecule has 0 rings (SSSR count). The third kappa shape index (κ3) is 6.07. The van der Waals surface area contributed by atoms with Crippen molar-refractivity contribution in [2.45, 2.75) is 45.3 Å². The summed E-state index contributed by atoms with van der Waals surface area (Å²) in [5.74, 6) is 0. The van der Waals surface area contributed by atoms with Gasteiger partial charge in [0.2, 0.25) is 0 Å². The number of aliphatic hydroxyl groups excluding tert-OH is 1. The maximum Gasteiger partial charge on any atom is 0.0745 e. The van der Waals surface area contributed by atoms with Crippen LogP contribution in [0.5, 0.6) is 0 Å². The smallest absolute Gasteiger partial charge is 0.0745 e. The molecule has 0 fully saturated rings. The minimum atomic E-state index is -0.684. The summed E-state index contributed by atoms with van der Waals surface area (Å²) in [6.45, 7) is 8.88. The Bertz CT molecular complexity index is 133.